The first kappa shape index (κ1) is 14.7. The first-order valence-electron chi connectivity index (χ1n) is 5.69. The van der Waals surface area contributed by atoms with Crippen molar-refractivity contribution in [2.24, 2.45) is 11.8 Å². The van der Waals surface area contributed by atoms with Crippen LogP contribution in [0, 0.1) is 11.8 Å². The molecule has 5 nitrogen and oxygen atoms in total. The van der Waals surface area contributed by atoms with Crippen LogP contribution in [0.1, 0.15) is 33.6 Å². The Morgan fingerprint density at radius 3 is 2.19 bits per heavy atom. The summed E-state index contributed by atoms with van der Waals surface area (Å²) in [6.45, 7) is 6.98. The topological polar surface area (TPSA) is 78.4 Å². The fourth-order valence-electron chi connectivity index (χ4n) is 1.20. The third-order valence-corrected chi connectivity index (χ3v) is 2.26. The Balaban J connectivity index is 3.75. The number of aliphatic carboxylic acids is 1. The number of urea groups is 1. The molecule has 94 valence electrons. The molecule has 0 aromatic carbocycles. The van der Waals surface area contributed by atoms with Crippen molar-refractivity contribution in [3.63, 3.8) is 0 Å². The summed E-state index contributed by atoms with van der Waals surface area (Å²) in [6, 6.07) is -0.225. The van der Waals surface area contributed by atoms with E-state index in [-0.39, 0.29) is 18.4 Å². The summed E-state index contributed by atoms with van der Waals surface area (Å²) in [5, 5.41) is 14.0. The van der Waals surface area contributed by atoms with Gasteiger partial charge in [0.25, 0.3) is 0 Å². The summed E-state index contributed by atoms with van der Waals surface area (Å²) in [5.41, 5.74) is 0. The van der Waals surface area contributed by atoms with Gasteiger partial charge in [-0.1, -0.05) is 27.2 Å². The van der Waals surface area contributed by atoms with E-state index in [2.05, 4.69) is 10.6 Å². The average molecular weight is 230 g/mol. The third-order valence-electron chi connectivity index (χ3n) is 2.26. The van der Waals surface area contributed by atoms with E-state index in [0.717, 1.165) is 6.42 Å². The van der Waals surface area contributed by atoms with E-state index < -0.39 is 5.97 Å². The van der Waals surface area contributed by atoms with Crippen molar-refractivity contribution in [2.75, 3.05) is 13.1 Å². The number of nitrogens with one attached hydrogen (secondary N) is 2. The van der Waals surface area contributed by atoms with Crippen LogP contribution < -0.4 is 10.6 Å². The second-order valence-electron chi connectivity index (χ2n) is 4.36. The van der Waals surface area contributed by atoms with Gasteiger partial charge in [-0.25, -0.2) is 4.79 Å². The normalized spacial score (nSPS) is 12.2. The van der Waals surface area contributed by atoms with Gasteiger partial charge in [0.05, 0.1) is 0 Å². The molecule has 1 unspecified atom stereocenters. The largest absolute Gasteiger partial charge is 0.481 e. The number of carboxylic acids is 1. The maximum Gasteiger partial charge on any atom is 0.314 e. The molecule has 0 aliphatic heterocycles. The summed E-state index contributed by atoms with van der Waals surface area (Å²) in [6.07, 6.45) is 0.845. The van der Waals surface area contributed by atoms with Gasteiger partial charge in [0.2, 0.25) is 0 Å². The highest BCUT2D eigenvalue weighted by atomic mass is 16.4. The molecule has 0 aromatic rings. The van der Waals surface area contributed by atoms with Crippen LogP contribution >= 0.6 is 0 Å². The van der Waals surface area contributed by atoms with E-state index in [1.165, 1.54) is 0 Å². The SMILES string of the molecule is CCC(CNC(=O)NCC(C)C)CC(=O)O. The quantitative estimate of drug-likeness (QED) is 0.619. The molecule has 0 rings (SSSR count). The molecule has 0 spiro atoms. The molecule has 0 saturated heterocycles. The lowest BCUT2D eigenvalue weighted by Gasteiger charge is -2.14. The van der Waals surface area contributed by atoms with Gasteiger partial charge >= 0.3 is 12.0 Å². The number of hydrogen-bond acceptors (Lipinski definition) is 2. The Kier molecular flexibility index (Phi) is 7.33. The fraction of sp³-hybridized carbons (Fsp3) is 0.818. The minimum absolute atomic E-state index is 0.00213. The van der Waals surface area contributed by atoms with Crippen LogP contribution in [0.25, 0.3) is 0 Å². The Morgan fingerprint density at radius 2 is 1.75 bits per heavy atom. The van der Waals surface area contributed by atoms with Crippen LogP contribution in [-0.2, 0) is 4.79 Å². The van der Waals surface area contributed by atoms with Crippen molar-refractivity contribution in [1.29, 1.82) is 0 Å². The predicted molar refractivity (Wildman–Crippen MR) is 62.3 cm³/mol. The Labute approximate surface area is 96.6 Å². The van der Waals surface area contributed by atoms with Crippen LogP contribution in [0.4, 0.5) is 4.79 Å². The monoisotopic (exact) mass is 230 g/mol. The smallest absolute Gasteiger partial charge is 0.314 e. The molecule has 0 bridgehead atoms. The van der Waals surface area contributed by atoms with Crippen LogP contribution in [-0.4, -0.2) is 30.2 Å². The van der Waals surface area contributed by atoms with E-state index in [0.29, 0.717) is 19.0 Å². The summed E-state index contributed by atoms with van der Waals surface area (Å²) in [7, 11) is 0. The van der Waals surface area contributed by atoms with Crippen molar-refractivity contribution in [3.05, 3.63) is 0 Å². The van der Waals surface area contributed by atoms with Crippen LogP contribution in [0.2, 0.25) is 0 Å². The molecule has 0 saturated carbocycles. The Hall–Kier alpha value is -1.26. The third kappa shape index (κ3) is 8.08. The Morgan fingerprint density at radius 1 is 1.19 bits per heavy atom. The maximum atomic E-state index is 11.3. The number of carboxylic acid groups (broad SMARTS) is 1. The average Bonchev–Trinajstić information content (AvgIpc) is 2.20. The lowest BCUT2D eigenvalue weighted by Crippen LogP contribution is -2.40. The minimum atomic E-state index is -0.823. The van der Waals surface area contributed by atoms with Crippen molar-refractivity contribution >= 4 is 12.0 Å². The lowest BCUT2D eigenvalue weighted by atomic mass is 10.0. The first-order valence-corrected chi connectivity index (χ1v) is 5.69. The van der Waals surface area contributed by atoms with E-state index >= 15 is 0 Å². The molecular formula is C11H22N2O3. The van der Waals surface area contributed by atoms with E-state index in [1.54, 1.807) is 0 Å². The molecular weight excluding hydrogens is 208 g/mol. The Bertz CT molecular complexity index is 229. The minimum Gasteiger partial charge on any atom is -0.481 e. The van der Waals surface area contributed by atoms with Crippen molar-refractivity contribution in [2.45, 2.75) is 33.6 Å². The van der Waals surface area contributed by atoms with E-state index in [1.807, 2.05) is 20.8 Å². The van der Waals surface area contributed by atoms with Crippen LogP contribution in [0.15, 0.2) is 0 Å². The number of hydrogen-bond donors (Lipinski definition) is 3. The molecule has 3 N–H and O–H groups in total. The zero-order valence-corrected chi connectivity index (χ0v) is 10.2. The van der Waals surface area contributed by atoms with Gasteiger partial charge in [-0.15, -0.1) is 0 Å². The standard InChI is InChI=1S/C11H22N2O3/c1-4-9(5-10(14)15)7-13-11(16)12-6-8(2)3/h8-9H,4-7H2,1-3H3,(H,14,15)(H2,12,13,16). The molecule has 1 atom stereocenters. The van der Waals surface area contributed by atoms with Crippen molar-refractivity contribution < 1.29 is 14.7 Å². The molecule has 0 aromatic heterocycles. The molecule has 5 heteroatoms. The highest BCUT2D eigenvalue weighted by molar-refractivity contribution is 5.74. The molecule has 0 aliphatic carbocycles. The molecule has 0 aliphatic rings. The zero-order chi connectivity index (χ0) is 12.6. The molecule has 16 heavy (non-hydrogen) atoms. The van der Waals surface area contributed by atoms with Gasteiger partial charge in [-0.2, -0.15) is 0 Å². The van der Waals surface area contributed by atoms with Gasteiger partial charge in [0.1, 0.15) is 0 Å². The van der Waals surface area contributed by atoms with Crippen LogP contribution in [0.3, 0.4) is 0 Å². The maximum absolute atomic E-state index is 11.3. The summed E-state index contributed by atoms with van der Waals surface area (Å²) in [5.74, 6) is -0.412. The predicted octanol–water partition coefficient (Wildman–Crippen LogP) is 1.44. The van der Waals surface area contributed by atoms with Crippen molar-refractivity contribution in [3.8, 4) is 0 Å². The zero-order valence-electron chi connectivity index (χ0n) is 10.2. The highest BCUT2D eigenvalue weighted by Gasteiger charge is 2.12. The van der Waals surface area contributed by atoms with Crippen LogP contribution in [0.5, 0.6) is 0 Å². The molecule has 0 radical (unpaired) electrons. The van der Waals surface area contributed by atoms with E-state index in [9.17, 15) is 9.59 Å². The number of carbonyl (C=O) groups is 2. The lowest BCUT2D eigenvalue weighted by molar-refractivity contribution is -0.138. The van der Waals surface area contributed by atoms with Gasteiger partial charge in [0.15, 0.2) is 0 Å². The van der Waals surface area contributed by atoms with Gasteiger partial charge < -0.3 is 15.7 Å². The first-order chi connectivity index (χ1) is 7.45. The molecule has 2 amide bonds. The van der Waals surface area contributed by atoms with Gasteiger partial charge in [-0.05, 0) is 11.8 Å². The number of rotatable bonds is 7. The molecule has 0 heterocycles. The summed E-state index contributed by atoms with van der Waals surface area (Å²) in [4.78, 5) is 21.8. The second-order valence-corrected chi connectivity index (χ2v) is 4.36. The van der Waals surface area contributed by atoms with E-state index in [4.69, 9.17) is 5.11 Å². The summed E-state index contributed by atoms with van der Waals surface area (Å²) < 4.78 is 0. The van der Waals surface area contributed by atoms with Crippen molar-refractivity contribution in [1.82, 2.24) is 10.6 Å². The fourth-order valence-corrected chi connectivity index (χ4v) is 1.20. The summed E-state index contributed by atoms with van der Waals surface area (Å²) >= 11 is 0. The second kappa shape index (κ2) is 7.96. The highest BCUT2D eigenvalue weighted by Crippen LogP contribution is 2.06. The molecule has 0 fully saturated rings. The number of amides is 2. The van der Waals surface area contributed by atoms with Gasteiger partial charge in [0, 0.05) is 19.5 Å². The number of carbonyl (C=O) groups excluding carboxylic acids is 1. The van der Waals surface area contributed by atoms with Gasteiger partial charge in [-0.3, -0.25) is 4.79 Å².